The number of aromatic nitrogens is 2. The van der Waals surface area contributed by atoms with E-state index in [0.717, 1.165) is 25.2 Å². The monoisotopic (exact) mass is 378 g/mol. The van der Waals surface area contributed by atoms with Crippen LogP contribution in [0.1, 0.15) is 39.8 Å². The molecule has 26 heavy (non-hydrogen) atoms. The second kappa shape index (κ2) is 7.25. The highest BCUT2D eigenvalue weighted by Gasteiger charge is 2.32. The number of hydrogen-bond donors (Lipinski definition) is 1. The molecule has 1 amide bonds. The van der Waals surface area contributed by atoms with Crippen molar-refractivity contribution in [1.82, 2.24) is 19.9 Å². The molecule has 4 rings (SSSR count). The van der Waals surface area contributed by atoms with Gasteiger partial charge in [0.1, 0.15) is 17.0 Å². The molecular formula is C18H23ClN4O3. The Hall–Kier alpha value is -2.12. The Bertz CT molecular complexity index is 876. The fourth-order valence-electron chi connectivity index (χ4n) is 3.97. The first-order valence-electron chi connectivity index (χ1n) is 8.65. The molecule has 0 aromatic carbocycles. The number of carbonyl (C=O) groups excluding carboxylic acids is 1. The maximum absolute atomic E-state index is 12.9. The average Bonchev–Trinajstić information content (AvgIpc) is 3.00. The predicted molar refractivity (Wildman–Crippen MR) is 98.7 cm³/mol. The summed E-state index contributed by atoms with van der Waals surface area (Å²) in [5.74, 6) is 1.24. The molecule has 2 atom stereocenters. The zero-order valence-corrected chi connectivity index (χ0v) is 15.7. The van der Waals surface area contributed by atoms with Crippen LogP contribution in [0.2, 0.25) is 0 Å². The first kappa shape index (κ1) is 18.7. The molecule has 2 aliphatic rings. The maximum Gasteiger partial charge on any atom is 0.263 e. The molecule has 140 valence electrons. The Morgan fingerprint density at radius 1 is 1.42 bits per heavy atom. The molecule has 8 heteroatoms. The lowest BCUT2D eigenvalue weighted by atomic mass is 9.84. The number of amides is 1. The smallest absolute Gasteiger partial charge is 0.263 e. The van der Waals surface area contributed by atoms with Crippen LogP contribution in [0, 0.1) is 12.8 Å². The predicted octanol–water partition coefficient (Wildman–Crippen LogP) is 1.55. The van der Waals surface area contributed by atoms with Crippen molar-refractivity contribution in [3.05, 3.63) is 51.3 Å². The molecule has 2 aromatic heterocycles. The van der Waals surface area contributed by atoms with Crippen LogP contribution in [0.25, 0.3) is 0 Å². The van der Waals surface area contributed by atoms with E-state index in [0.29, 0.717) is 36.4 Å². The van der Waals surface area contributed by atoms with E-state index < -0.39 is 0 Å². The summed E-state index contributed by atoms with van der Waals surface area (Å²) < 4.78 is 6.84. The zero-order chi connectivity index (χ0) is 17.6. The van der Waals surface area contributed by atoms with Gasteiger partial charge in [0, 0.05) is 37.8 Å². The Kier molecular flexibility index (Phi) is 5.20. The number of nitrogens with zero attached hydrogens (tertiary/aromatic N) is 3. The minimum atomic E-state index is -0.283. The first-order valence-corrected chi connectivity index (χ1v) is 8.65. The van der Waals surface area contributed by atoms with E-state index >= 15 is 0 Å². The summed E-state index contributed by atoms with van der Waals surface area (Å²) in [6.07, 6.45) is 1.12. The number of carbonyl (C=O) groups is 1. The minimum Gasteiger partial charge on any atom is -0.361 e. The maximum atomic E-state index is 12.9. The van der Waals surface area contributed by atoms with Gasteiger partial charge in [-0.2, -0.15) is 0 Å². The zero-order valence-electron chi connectivity index (χ0n) is 14.9. The molecule has 4 heterocycles. The lowest BCUT2D eigenvalue weighted by Crippen LogP contribution is -2.46. The second-order valence-corrected chi connectivity index (χ2v) is 7.13. The highest BCUT2D eigenvalue weighted by Crippen LogP contribution is 2.31. The molecule has 2 bridgehead atoms. The van der Waals surface area contributed by atoms with Gasteiger partial charge < -0.3 is 19.3 Å². The third-order valence-corrected chi connectivity index (χ3v) is 5.16. The van der Waals surface area contributed by atoms with Gasteiger partial charge in [0.25, 0.3) is 11.5 Å². The van der Waals surface area contributed by atoms with Gasteiger partial charge in [0.15, 0.2) is 0 Å². The summed E-state index contributed by atoms with van der Waals surface area (Å²) in [5, 5.41) is 7.33. The van der Waals surface area contributed by atoms with Gasteiger partial charge in [-0.1, -0.05) is 5.16 Å². The Morgan fingerprint density at radius 3 is 2.96 bits per heavy atom. The highest BCUT2D eigenvalue weighted by molar-refractivity contribution is 5.93. The standard InChI is InChI=1S/C18H22N4O3.ClH/c1-11-5-14(20-25-11)10-21(2)17(23)15-3-4-16-13-6-12(7-19-8-13)9-22(16)18(15)24;/h3-5,12-13,19H,6-10H2,1-2H3;1H/t12-,13+;/m0./s1. The third kappa shape index (κ3) is 3.29. The van der Waals surface area contributed by atoms with Gasteiger partial charge in [-0.25, -0.2) is 0 Å². The Morgan fingerprint density at radius 2 is 2.23 bits per heavy atom. The van der Waals surface area contributed by atoms with Gasteiger partial charge in [-0.05, 0) is 37.9 Å². The van der Waals surface area contributed by atoms with E-state index in [1.165, 1.54) is 4.90 Å². The number of nitrogens with one attached hydrogen (secondary N) is 1. The summed E-state index contributed by atoms with van der Waals surface area (Å²) in [6.45, 7) is 4.64. The van der Waals surface area contributed by atoms with Gasteiger partial charge >= 0.3 is 0 Å². The van der Waals surface area contributed by atoms with Crippen LogP contribution in [0.5, 0.6) is 0 Å². The van der Waals surface area contributed by atoms with Gasteiger partial charge in [0.2, 0.25) is 0 Å². The van der Waals surface area contributed by atoms with Crippen LogP contribution in [-0.4, -0.2) is 40.7 Å². The van der Waals surface area contributed by atoms with Crippen molar-refractivity contribution in [2.75, 3.05) is 20.1 Å². The van der Waals surface area contributed by atoms with Crippen LogP contribution in [-0.2, 0) is 13.1 Å². The summed E-state index contributed by atoms with van der Waals surface area (Å²) >= 11 is 0. The van der Waals surface area contributed by atoms with Gasteiger partial charge in [-0.3, -0.25) is 9.59 Å². The van der Waals surface area contributed by atoms with Crippen molar-refractivity contribution in [2.24, 2.45) is 5.92 Å². The largest absolute Gasteiger partial charge is 0.361 e. The van der Waals surface area contributed by atoms with Crippen LogP contribution < -0.4 is 10.9 Å². The molecule has 1 saturated heterocycles. The fourth-order valence-corrected chi connectivity index (χ4v) is 3.97. The molecule has 1 N–H and O–H groups in total. The van der Waals surface area contributed by atoms with Crippen LogP contribution in [0.15, 0.2) is 27.5 Å². The molecule has 7 nitrogen and oxygen atoms in total. The fraction of sp³-hybridized carbons (Fsp3) is 0.500. The van der Waals surface area contributed by atoms with E-state index in [9.17, 15) is 9.59 Å². The molecule has 2 aromatic rings. The molecule has 1 fully saturated rings. The van der Waals surface area contributed by atoms with Crippen molar-refractivity contribution in [3.8, 4) is 0 Å². The number of piperidine rings is 1. The lowest BCUT2D eigenvalue weighted by Gasteiger charge is -2.37. The number of halogens is 1. The van der Waals surface area contributed by atoms with Crippen molar-refractivity contribution in [2.45, 2.75) is 32.4 Å². The van der Waals surface area contributed by atoms with E-state index in [4.69, 9.17) is 4.52 Å². The molecule has 0 unspecified atom stereocenters. The topological polar surface area (TPSA) is 80.4 Å². The summed E-state index contributed by atoms with van der Waals surface area (Å²) in [6, 6.07) is 5.41. The van der Waals surface area contributed by atoms with Crippen LogP contribution in [0.4, 0.5) is 0 Å². The summed E-state index contributed by atoms with van der Waals surface area (Å²) in [4.78, 5) is 27.2. The number of hydrogen-bond acceptors (Lipinski definition) is 5. The molecule has 2 aliphatic heterocycles. The van der Waals surface area contributed by atoms with Gasteiger partial charge in [-0.15, -0.1) is 12.4 Å². The molecule has 0 saturated carbocycles. The molecule has 0 spiro atoms. The second-order valence-electron chi connectivity index (χ2n) is 7.13. The van der Waals surface area contributed by atoms with E-state index in [2.05, 4.69) is 10.5 Å². The van der Waals surface area contributed by atoms with Crippen LogP contribution in [0.3, 0.4) is 0 Å². The van der Waals surface area contributed by atoms with Crippen molar-refractivity contribution in [1.29, 1.82) is 0 Å². The SMILES string of the molecule is Cc1cc(CN(C)C(=O)c2ccc3n(c2=O)C[C@@H]2CNC[C@H]3C2)no1.Cl. The highest BCUT2D eigenvalue weighted by atomic mass is 35.5. The quantitative estimate of drug-likeness (QED) is 0.876. The number of rotatable bonds is 3. The first-order chi connectivity index (χ1) is 12.0. The number of pyridine rings is 1. The van der Waals surface area contributed by atoms with Gasteiger partial charge in [0.05, 0.1) is 6.54 Å². The van der Waals surface area contributed by atoms with E-state index in [-0.39, 0.29) is 29.4 Å². The van der Waals surface area contributed by atoms with Crippen LogP contribution >= 0.6 is 12.4 Å². The summed E-state index contributed by atoms with van der Waals surface area (Å²) in [7, 11) is 1.68. The number of fused-ring (bicyclic) bond motifs is 4. The molecule has 0 radical (unpaired) electrons. The lowest BCUT2D eigenvalue weighted by molar-refractivity contribution is 0.0779. The normalized spacial score (nSPS) is 20.8. The number of aryl methyl sites for hydroxylation is 1. The Balaban J connectivity index is 0.00000196. The van der Waals surface area contributed by atoms with E-state index in [1.807, 2.05) is 6.07 Å². The van der Waals surface area contributed by atoms with Crippen molar-refractivity contribution in [3.63, 3.8) is 0 Å². The van der Waals surface area contributed by atoms with Crippen molar-refractivity contribution >= 4 is 18.3 Å². The van der Waals surface area contributed by atoms with Crippen molar-refractivity contribution < 1.29 is 9.32 Å². The minimum absolute atomic E-state index is 0. The Labute approximate surface area is 157 Å². The third-order valence-electron chi connectivity index (χ3n) is 5.16. The molecular weight excluding hydrogens is 356 g/mol. The average molecular weight is 379 g/mol. The molecule has 0 aliphatic carbocycles. The summed E-state index contributed by atoms with van der Waals surface area (Å²) in [5.41, 5.74) is 1.76. The van der Waals surface area contributed by atoms with E-state index in [1.54, 1.807) is 30.7 Å².